The van der Waals surface area contributed by atoms with Crippen molar-refractivity contribution in [1.82, 2.24) is 0 Å². The average molecular weight is 314 g/mol. The lowest BCUT2D eigenvalue weighted by Gasteiger charge is -2.00. The number of ether oxygens (including phenoxy) is 2. The van der Waals surface area contributed by atoms with E-state index in [0.29, 0.717) is 6.61 Å². The summed E-state index contributed by atoms with van der Waals surface area (Å²) in [6.45, 7) is 8.69. The number of aliphatic carboxylic acids is 1. The Bertz CT molecular complexity index is 410. The Balaban J connectivity index is 0. The number of carboxylic acid groups (broad SMARTS) is 1. The molecule has 0 saturated heterocycles. The zero-order valence-electron chi connectivity index (χ0n) is 12.6. The summed E-state index contributed by atoms with van der Waals surface area (Å²) in [6.07, 6.45) is 4.96. The van der Waals surface area contributed by atoms with Gasteiger partial charge in [0.05, 0.1) is 18.8 Å². The largest absolute Gasteiger partial charge is 0.478 e. The molecule has 0 heterocycles. The van der Waals surface area contributed by atoms with Gasteiger partial charge in [-0.3, -0.25) is 0 Å². The summed E-state index contributed by atoms with van der Waals surface area (Å²) in [7, 11) is 0. The van der Waals surface area contributed by atoms with Crippen LogP contribution in [0.2, 0.25) is 0 Å². The monoisotopic (exact) mass is 314 g/mol. The molecule has 0 aliphatic heterocycles. The second-order valence-corrected chi connectivity index (χ2v) is 3.78. The van der Waals surface area contributed by atoms with Gasteiger partial charge in [0.25, 0.3) is 0 Å². The van der Waals surface area contributed by atoms with Crippen LogP contribution in [0.4, 0.5) is 0 Å². The van der Waals surface area contributed by atoms with Crippen LogP contribution in [0.3, 0.4) is 0 Å². The van der Waals surface area contributed by atoms with Gasteiger partial charge in [0.15, 0.2) is 0 Å². The lowest BCUT2D eigenvalue weighted by Crippen LogP contribution is -2.09. The molecule has 0 bridgehead atoms. The highest BCUT2D eigenvalue weighted by molar-refractivity contribution is 5.93. The first-order valence-electron chi connectivity index (χ1n) is 6.56. The van der Waals surface area contributed by atoms with Crippen LogP contribution in [-0.2, 0) is 23.9 Å². The third-order valence-electron chi connectivity index (χ3n) is 1.92. The summed E-state index contributed by atoms with van der Waals surface area (Å²) in [5.41, 5.74) is -0.0733. The minimum Gasteiger partial charge on any atom is -0.478 e. The van der Waals surface area contributed by atoms with Crippen molar-refractivity contribution in [2.75, 3.05) is 19.8 Å². The summed E-state index contributed by atoms with van der Waals surface area (Å²) >= 11 is 0. The van der Waals surface area contributed by atoms with Crippen molar-refractivity contribution < 1.29 is 34.1 Å². The van der Waals surface area contributed by atoms with Gasteiger partial charge in [0.1, 0.15) is 6.61 Å². The Hall–Kier alpha value is -2.41. The molecule has 0 aliphatic carbocycles. The number of aliphatic hydroxyl groups excluding tert-OH is 1. The lowest BCUT2D eigenvalue weighted by atomic mass is 10.3. The number of aliphatic hydroxyl groups is 1. The number of unbranched alkanes of at least 4 members (excludes halogenated alkanes) is 1. The maximum absolute atomic E-state index is 10.8. The number of hydrogen-bond acceptors (Lipinski definition) is 6. The molecule has 7 heteroatoms. The number of rotatable bonds is 9. The number of carbonyl (C=O) groups excluding carboxylic acids is 2. The Morgan fingerprint density at radius 1 is 1.14 bits per heavy atom. The van der Waals surface area contributed by atoms with E-state index in [2.05, 4.69) is 22.6 Å². The van der Waals surface area contributed by atoms with Gasteiger partial charge in [-0.2, -0.15) is 0 Å². The van der Waals surface area contributed by atoms with Crippen LogP contribution < -0.4 is 0 Å². The van der Waals surface area contributed by atoms with Crippen molar-refractivity contribution in [2.45, 2.75) is 19.8 Å². The molecular weight excluding hydrogens is 292 g/mol. The van der Waals surface area contributed by atoms with Crippen molar-refractivity contribution in [3.8, 4) is 0 Å². The zero-order chi connectivity index (χ0) is 17.4. The fourth-order valence-electron chi connectivity index (χ4n) is 0.847. The molecule has 124 valence electrons. The van der Waals surface area contributed by atoms with Gasteiger partial charge in [-0.15, -0.1) is 0 Å². The molecule has 0 spiro atoms. The van der Waals surface area contributed by atoms with E-state index < -0.39 is 11.9 Å². The maximum atomic E-state index is 10.8. The first kappa shape index (κ1) is 21.9. The summed E-state index contributed by atoms with van der Waals surface area (Å²) in [5.74, 6) is -2.24. The second kappa shape index (κ2) is 15.0. The zero-order valence-corrected chi connectivity index (χ0v) is 12.6. The van der Waals surface area contributed by atoms with Crippen molar-refractivity contribution in [2.24, 2.45) is 0 Å². The fourth-order valence-corrected chi connectivity index (χ4v) is 0.847. The Morgan fingerprint density at radius 2 is 1.77 bits per heavy atom. The molecule has 0 amide bonds. The summed E-state index contributed by atoms with van der Waals surface area (Å²) in [6, 6.07) is 0. The highest BCUT2D eigenvalue weighted by Gasteiger charge is 2.04. The minimum atomic E-state index is -1.17. The van der Waals surface area contributed by atoms with Crippen LogP contribution >= 0.6 is 0 Å². The van der Waals surface area contributed by atoms with E-state index >= 15 is 0 Å². The van der Waals surface area contributed by atoms with E-state index in [1.807, 2.05) is 6.92 Å². The van der Waals surface area contributed by atoms with Crippen LogP contribution in [0.15, 0.2) is 37.0 Å². The first-order chi connectivity index (χ1) is 10.4. The van der Waals surface area contributed by atoms with Gasteiger partial charge in [-0.25, -0.2) is 14.4 Å². The lowest BCUT2D eigenvalue weighted by molar-refractivity contribution is -0.139. The minimum absolute atomic E-state index is 0.0733. The smallest absolute Gasteiger partial charge is 0.337 e. The molecule has 0 aromatic carbocycles. The Kier molecular flexibility index (Phi) is 14.9. The Labute approximate surface area is 129 Å². The normalized spacial score (nSPS) is 9.36. The average Bonchev–Trinajstić information content (AvgIpc) is 2.50. The molecule has 0 unspecified atom stereocenters. The van der Waals surface area contributed by atoms with E-state index in [9.17, 15) is 14.4 Å². The third-order valence-corrected chi connectivity index (χ3v) is 1.92. The predicted molar refractivity (Wildman–Crippen MR) is 80.0 cm³/mol. The van der Waals surface area contributed by atoms with Crippen molar-refractivity contribution >= 4 is 17.9 Å². The van der Waals surface area contributed by atoms with Crippen LogP contribution in [0, 0.1) is 0 Å². The van der Waals surface area contributed by atoms with Crippen molar-refractivity contribution in [1.29, 1.82) is 0 Å². The van der Waals surface area contributed by atoms with E-state index in [0.717, 1.165) is 25.0 Å². The van der Waals surface area contributed by atoms with Crippen LogP contribution in [-0.4, -0.2) is 47.9 Å². The van der Waals surface area contributed by atoms with Gasteiger partial charge >= 0.3 is 17.9 Å². The molecule has 0 saturated carbocycles. The number of esters is 2. The van der Waals surface area contributed by atoms with Gasteiger partial charge in [-0.1, -0.05) is 26.5 Å². The van der Waals surface area contributed by atoms with E-state index in [1.54, 1.807) is 0 Å². The highest BCUT2D eigenvalue weighted by atomic mass is 16.5. The maximum Gasteiger partial charge on any atom is 0.337 e. The van der Waals surface area contributed by atoms with E-state index in [4.69, 9.17) is 10.2 Å². The highest BCUT2D eigenvalue weighted by Crippen LogP contribution is 1.96. The standard InChI is InChI=1S/C8H10O5.C7H12O2/c1-6(2-3-7(10)11)8(12)13-5-4-9;1-3-5-6-9-7(8)4-2/h2-3,9H,1,4-5H2,(H,10,11);4H,2-3,5-6H2,1H3. The van der Waals surface area contributed by atoms with E-state index in [-0.39, 0.29) is 24.8 Å². The predicted octanol–water partition coefficient (Wildman–Crippen LogP) is 1.23. The molecular formula is C15H22O7. The van der Waals surface area contributed by atoms with Gasteiger partial charge in [0, 0.05) is 12.2 Å². The molecule has 0 aromatic heterocycles. The topological polar surface area (TPSA) is 110 Å². The number of carbonyl (C=O) groups is 3. The second-order valence-electron chi connectivity index (χ2n) is 3.78. The third kappa shape index (κ3) is 15.6. The van der Waals surface area contributed by atoms with Crippen LogP contribution in [0.1, 0.15) is 19.8 Å². The molecule has 7 nitrogen and oxygen atoms in total. The molecule has 2 N–H and O–H groups in total. The van der Waals surface area contributed by atoms with Gasteiger partial charge in [-0.05, 0) is 12.5 Å². The summed E-state index contributed by atoms with van der Waals surface area (Å²) in [4.78, 5) is 31.2. The molecule has 22 heavy (non-hydrogen) atoms. The molecule has 0 fully saturated rings. The van der Waals surface area contributed by atoms with Gasteiger partial charge < -0.3 is 19.7 Å². The number of hydrogen-bond donors (Lipinski definition) is 2. The Morgan fingerprint density at radius 3 is 2.23 bits per heavy atom. The van der Waals surface area contributed by atoms with Gasteiger partial charge in [0.2, 0.25) is 0 Å². The molecule has 0 radical (unpaired) electrons. The van der Waals surface area contributed by atoms with Crippen molar-refractivity contribution in [3.05, 3.63) is 37.0 Å². The first-order valence-corrected chi connectivity index (χ1v) is 6.56. The molecule has 0 rings (SSSR count). The van der Waals surface area contributed by atoms with Crippen molar-refractivity contribution in [3.63, 3.8) is 0 Å². The van der Waals surface area contributed by atoms with Crippen LogP contribution in [0.25, 0.3) is 0 Å². The fraction of sp³-hybridized carbons (Fsp3) is 0.400. The van der Waals surface area contributed by atoms with E-state index in [1.165, 1.54) is 6.08 Å². The SMILES string of the molecule is C=C(C=CC(=O)O)C(=O)OCCO.C=CC(=O)OCCCC. The molecule has 0 aromatic rings. The molecule has 0 aliphatic rings. The summed E-state index contributed by atoms with van der Waals surface area (Å²) in [5, 5.41) is 16.5. The van der Waals surface area contributed by atoms with Crippen LogP contribution in [0.5, 0.6) is 0 Å². The summed E-state index contributed by atoms with van der Waals surface area (Å²) < 4.78 is 9.13. The number of carboxylic acids is 1. The quantitative estimate of drug-likeness (QED) is 0.285. The molecule has 0 atom stereocenters.